The fraction of sp³-hybridized carbons (Fsp3) is 0.276. The SMILES string of the molecule is C.CCOC(=O)/C=C/c1cc2cc(C)cc(C)c2o1.Cc1cc(C)c2oc(/C=C/CO)cc2c1. The van der Waals surface area contributed by atoms with Gasteiger partial charge in [-0.25, -0.2) is 4.79 Å². The van der Waals surface area contributed by atoms with E-state index in [1.54, 1.807) is 25.2 Å². The maximum absolute atomic E-state index is 11.2. The topological polar surface area (TPSA) is 72.8 Å². The molecule has 0 aliphatic carbocycles. The number of rotatable bonds is 5. The van der Waals surface area contributed by atoms with Crippen LogP contribution >= 0.6 is 0 Å². The molecule has 0 atom stereocenters. The normalized spacial score (nSPS) is 11.1. The Morgan fingerprint density at radius 1 is 0.853 bits per heavy atom. The molecule has 0 bridgehead atoms. The number of aliphatic hydroxyl groups is 1. The van der Waals surface area contributed by atoms with E-state index in [0.717, 1.165) is 38.8 Å². The van der Waals surface area contributed by atoms with Crippen molar-refractivity contribution in [2.45, 2.75) is 42.0 Å². The number of aryl methyl sites for hydroxylation is 4. The van der Waals surface area contributed by atoms with Crippen LogP contribution in [0, 0.1) is 27.7 Å². The fourth-order valence-electron chi connectivity index (χ4n) is 3.74. The second-order valence-corrected chi connectivity index (χ2v) is 7.97. The van der Waals surface area contributed by atoms with Crippen molar-refractivity contribution in [2.75, 3.05) is 13.2 Å². The van der Waals surface area contributed by atoms with E-state index in [2.05, 4.69) is 31.2 Å². The van der Waals surface area contributed by atoms with Gasteiger partial charge in [-0.3, -0.25) is 0 Å². The van der Waals surface area contributed by atoms with Gasteiger partial charge < -0.3 is 18.7 Å². The van der Waals surface area contributed by atoms with Gasteiger partial charge in [-0.1, -0.05) is 36.8 Å². The third-order valence-corrected chi connectivity index (χ3v) is 4.99. The first kappa shape index (κ1) is 26.7. The Morgan fingerprint density at radius 2 is 1.35 bits per heavy atom. The van der Waals surface area contributed by atoms with Gasteiger partial charge in [0.05, 0.1) is 13.2 Å². The highest BCUT2D eigenvalue weighted by Crippen LogP contribution is 2.26. The number of hydrogen-bond acceptors (Lipinski definition) is 5. The van der Waals surface area contributed by atoms with Crippen LogP contribution in [0.3, 0.4) is 0 Å². The van der Waals surface area contributed by atoms with Gasteiger partial charge >= 0.3 is 5.97 Å². The molecule has 2 heterocycles. The number of ether oxygens (including phenoxy) is 1. The first-order valence-electron chi connectivity index (χ1n) is 10.9. The average Bonchev–Trinajstić information content (AvgIpc) is 3.35. The summed E-state index contributed by atoms with van der Waals surface area (Å²) >= 11 is 0. The third kappa shape index (κ3) is 6.72. The summed E-state index contributed by atoms with van der Waals surface area (Å²) in [6, 6.07) is 12.2. The Hall–Kier alpha value is -3.57. The Labute approximate surface area is 201 Å². The molecule has 0 unspecified atom stereocenters. The molecule has 0 spiro atoms. The number of benzene rings is 2. The van der Waals surface area contributed by atoms with Gasteiger partial charge in [-0.15, -0.1) is 0 Å². The molecule has 1 N–H and O–H groups in total. The van der Waals surface area contributed by atoms with Crippen LogP contribution in [-0.4, -0.2) is 24.3 Å². The average molecular weight is 463 g/mol. The molecule has 0 saturated carbocycles. The Morgan fingerprint density at radius 3 is 1.82 bits per heavy atom. The second-order valence-electron chi connectivity index (χ2n) is 7.97. The van der Waals surface area contributed by atoms with E-state index < -0.39 is 0 Å². The van der Waals surface area contributed by atoms with Crippen LogP contribution in [0.4, 0.5) is 0 Å². The monoisotopic (exact) mass is 462 g/mol. The molecule has 0 aliphatic heterocycles. The highest BCUT2D eigenvalue weighted by molar-refractivity contribution is 5.89. The molecule has 0 amide bonds. The standard InChI is InChI=1S/C15H16O3.C13H14O2.CH4/c1-4-17-14(16)6-5-13-9-12-8-10(2)7-11(3)15(12)18-13;1-9-6-10(2)13-11(7-9)8-12(15-13)4-3-5-14;/h5-9H,4H2,1-3H3;3-4,6-8,14H,5H2,1-2H3;1H4/b6-5+;4-3+;. The third-order valence-electron chi connectivity index (χ3n) is 4.99. The molecule has 0 aliphatic rings. The van der Waals surface area contributed by atoms with Crippen molar-refractivity contribution < 1.29 is 23.5 Å². The van der Waals surface area contributed by atoms with E-state index in [1.165, 1.54) is 17.2 Å². The van der Waals surface area contributed by atoms with Gasteiger partial charge in [0, 0.05) is 16.8 Å². The van der Waals surface area contributed by atoms with E-state index in [1.807, 2.05) is 32.9 Å². The smallest absolute Gasteiger partial charge is 0.330 e. The number of aliphatic hydroxyl groups excluding tert-OH is 1. The second kappa shape index (κ2) is 12.1. The zero-order chi connectivity index (χ0) is 24.0. The minimum Gasteiger partial charge on any atom is -0.463 e. The zero-order valence-corrected chi connectivity index (χ0v) is 19.8. The first-order chi connectivity index (χ1) is 15.8. The molecular weight excluding hydrogens is 428 g/mol. The number of carbonyl (C=O) groups is 1. The number of hydrogen-bond donors (Lipinski definition) is 1. The molecule has 2 aromatic heterocycles. The van der Waals surface area contributed by atoms with Gasteiger partial charge in [0.25, 0.3) is 0 Å². The molecule has 5 nitrogen and oxygen atoms in total. The lowest BCUT2D eigenvalue weighted by atomic mass is 10.1. The van der Waals surface area contributed by atoms with Crippen LogP contribution in [0.5, 0.6) is 0 Å². The van der Waals surface area contributed by atoms with Crippen molar-refractivity contribution in [3.63, 3.8) is 0 Å². The highest BCUT2D eigenvalue weighted by atomic mass is 16.5. The molecule has 0 radical (unpaired) electrons. The lowest BCUT2D eigenvalue weighted by molar-refractivity contribution is -0.137. The molecular formula is C29H34O5. The molecule has 0 saturated heterocycles. The summed E-state index contributed by atoms with van der Waals surface area (Å²) in [6.07, 6.45) is 6.46. The predicted octanol–water partition coefficient (Wildman–Crippen LogP) is 7.32. The van der Waals surface area contributed by atoms with Gasteiger partial charge in [0.2, 0.25) is 0 Å². The molecule has 5 heteroatoms. The summed E-state index contributed by atoms with van der Waals surface area (Å²) in [6.45, 7) is 10.4. The zero-order valence-electron chi connectivity index (χ0n) is 19.8. The summed E-state index contributed by atoms with van der Waals surface area (Å²) in [5, 5.41) is 10.8. The lowest BCUT2D eigenvalue weighted by Gasteiger charge is -1.96. The highest BCUT2D eigenvalue weighted by Gasteiger charge is 2.06. The number of furan rings is 2. The molecule has 180 valence electrons. The van der Waals surface area contributed by atoms with Crippen molar-refractivity contribution in [1.29, 1.82) is 0 Å². The van der Waals surface area contributed by atoms with Crippen molar-refractivity contribution in [1.82, 2.24) is 0 Å². The quantitative estimate of drug-likeness (QED) is 0.248. The summed E-state index contributed by atoms with van der Waals surface area (Å²) in [5.74, 6) is 1.09. The molecule has 34 heavy (non-hydrogen) atoms. The van der Waals surface area contributed by atoms with E-state index >= 15 is 0 Å². The Balaban J connectivity index is 0.000000237. The van der Waals surface area contributed by atoms with Gasteiger partial charge in [0.15, 0.2) is 0 Å². The predicted molar refractivity (Wildman–Crippen MR) is 140 cm³/mol. The van der Waals surface area contributed by atoms with Gasteiger partial charge in [-0.2, -0.15) is 0 Å². The van der Waals surface area contributed by atoms with Crippen LogP contribution < -0.4 is 0 Å². The summed E-state index contributed by atoms with van der Waals surface area (Å²) in [7, 11) is 0. The van der Waals surface area contributed by atoms with Crippen LogP contribution in [0.15, 0.2) is 57.4 Å². The molecule has 4 aromatic rings. The fourth-order valence-corrected chi connectivity index (χ4v) is 3.74. The molecule has 0 fully saturated rings. The first-order valence-corrected chi connectivity index (χ1v) is 10.9. The lowest BCUT2D eigenvalue weighted by Crippen LogP contribution is -1.98. The summed E-state index contributed by atoms with van der Waals surface area (Å²) in [4.78, 5) is 11.2. The van der Waals surface area contributed by atoms with Crippen LogP contribution in [0.25, 0.3) is 34.1 Å². The maximum Gasteiger partial charge on any atom is 0.330 e. The van der Waals surface area contributed by atoms with Crippen molar-refractivity contribution in [3.05, 3.63) is 82.3 Å². The molecule has 2 aromatic carbocycles. The largest absolute Gasteiger partial charge is 0.463 e. The molecule has 4 rings (SSSR count). The van der Waals surface area contributed by atoms with Crippen LogP contribution in [0.2, 0.25) is 0 Å². The number of carbonyl (C=O) groups excluding carboxylic acids is 1. The van der Waals surface area contributed by atoms with Crippen molar-refractivity contribution in [3.8, 4) is 0 Å². The van der Waals surface area contributed by atoms with Crippen molar-refractivity contribution in [2.24, 2.45) is 0 Å². The minimum absolute atomic E-state index is 0. The summed E-state index contributed by atoms with van der Waals surface area (Å²) < 4.78 is 16.2. The van der Waals surface area contributed by atoms with Crippen LogP contribution in [-0.2, 0) is 9.53 Å². The van der Waals surface area contributed by atoms with E-state index in [-0.39, 0.29) is 20.0 Å². The Kier molecular flexibility index (Phi) is 9.46. The van der Waals surface area contributed by atoms with Gasteiger partial charge in [-0.05, 0) is 82.2 Å². The minimum atomic E-state index is -0.356. The number of fused-ring (bicyclic) bond motifs is 2. The van der Waals surface area contributed by atoms with Crippen LogP contribution in [0.1, 0.15) is 48.1 Å². The maximum atomic E-state index is 11.2. The van der Waals surface area contributed by atoms with Gasteiger partial charge in [0.1, 0.15) is 22.7 Å². The Bertz CT molecular complexity index is 1320. The van der Waals surface area contributed by atoms with E-state index in [9.17, 15) is 4.79 Å². The number of esters is 1. The van der Waals surface area contributed by atoms with E-state index in [0.29, 0.717) is 12.4 Å². The summed E-state index contributed by atoms with van der Waals surface area (Å²) in [5.41, 5.74) is 6.47. The van der Waals surface area contributed by atoms with E-state index in [4.69, 9.17) is 18.7 Å². The van der Waals surface area contributed by atoms with Crippen molar-refractivity contribution >= 4 is 40.1 Å².